The predicted octanol–water partition coefficient (Wildman–Crippen LogP) is 4.95. The van der Waals surface area contributed by atoms with Crippen LogP contribution in [0, 0.1) is 5.82 Å². The second-order valence-corrected chi connectivity index (χ2v) is 6.00. The smallest absolute Gasteiger partial charge is 0.303 e. The fourth-order valence-electron chi connectivity index (χ4n) is 2.27. The van der Waals surface area contributed by atoms with Crippen LogP contribution in [0.3, 0.4) is 0 Å². The SMILES string of the molecule is O=Cc1ccc(F)cc1.O=Cc1ccc(Oc2ccc(CCC(=O)O)cc2)cc1. The third kappa shape index (κ3) is 7.76. The lowest BCUT2D eigenvalue weighted by Gasteiger charge is -2.06. The average Bonchev–Trinajstić information content (AvgIpc) is 2.75. The number of hydrogen-bond acceptors (Lipinski definition) is 4. The molecule has 0 amide bonds. The zero-order valence-electron chi connectivity index (χ0n) is 15.5. The Bertz CT molecular complexity index is 933. The molecule has 0 aliphatic heterocycles. The molecule has 0 bridgehead atoms. The standard InChI is InChI=1S/C16H14O4.C7H5FO/c17-11-13-3-8-15(9-4-13)20-14-6-1-12(2-7-14)5-10-16(18)19;8-7-3-1-6(5-9)2-4-7/h1-4,6-9,11H,5,10H2,(H,18,19);1-5H. The Hall–Kier alpha value is -3.80. The lowest BCUT2D eigenvalue weighted by molar-refractivity contribution is -0.136. The molecule has 3 aromatic carbocycles. The molecule has 29 heavy (non-hydrogen) atoms. The molecule has 1 N–H and O–H groups in total. The van der Waals surface area contributed by atoms with Crippen LogP contribution in [-0.4, -0.2) is 23.6 Å². The Morgan fingerprint density at radius 3 is 1.69 bits per heavy atom. The minimum absolute atomic E-state index is 0.118. The second kappa shape index (κ2) is 11.1. The minimum atomic E-state index is -0.805. The number of benzene rings is 3. The van der Waals surface area contributed by atoms with Gasteiger partial charge in [0.1, 0.15) is 29.9 Å². The monoisotopic (exact) mass is 394 g/mol. The Morgan fingerprint density at radius 1 is 0.793 bits per heavy atom. The first-order valence-corrected chi connectivity index (χ1v) is 8.74. The van der Waals surface area contributed by atoms with Crippen molar-refractivity contribution in [2.75, 3.05) is 0 Å². The molecule has 0 saturated carbocycles. The molecule has 0 aliphatic carbocycles. The third-order valence-corrected chi connectivity index (χ3v) is 3.81. The van der Waals surface area contributed by atoms with Gasteiger partial charge >= 0.3 is 5.97 Å². The van der Waals surface area contributed by atoms with Crippen molar-refractivity contribution in [1.29, 1.82) is 0 Å². The summed E-state index contributed by atoms with van der Waals surface area (Å²) in [6.07, 6.45) is 2.08. The average molecular weight is 394 g/mol. The summed E-state index contributed by atoms with van der Waals surface area (Å²) in [5, 5.41) is 8.62. The molecule has 0 heterocycles. The third-order valence-electron chi connectivity index (χ3n) is 3.81. The number of carbonyl (C=O) groups excluding carboxylic acids is 2. The van der Waals surface area contributed by atoms with Crippen LogP contribution in [-0.2, 0) is 11.2 Å². The Labute approximate surface area is 167 Å². The highest BCUT2D eigenvalue weighted by atomic mass is 19.1. The van der Waals surface area contributed by atoms with Gasteiger partial charge in [-0.1, -0.05) is 12.1 Å². The maximum atomic E-state index is 12.1. The number of hydrogen-bond donors (Lipinski definition) is 1. The van der Waals surface area contributed by atoms with Crippen molar-refractivity contribution in [2.24, 2.45) is 0 Å². The number of carbonyl (C=O) groups is 3. The number of carboxylic acids is 1. The number of carboxylic acid groups (broad SMARTS) is 1. The summed E-state index contributed by atoms with van der Waals surface area (Å²) in [5.74, 6) is 0.193. The fourth-order valence-corrected chi connectivity index (χ4v) is 2.27. The zero-order valence-corrected chi connectivity index (χ0v) is 15.5. The summed E-state index contributed by atoms with van der Waals surface area (Å²) < 4.78 is 17.7. The number of aliphatic carboxylic acids is 1. The minimum Gasteiger partial charge on any atom is -0.481 e. The lowest BCUT2D eigenvalue weighted by Crippen LogP contribution is -1.97. The Balaban J connectivity index is 0.000000278. The maximum absolute atomic E-state index is 12.1. The van der Waals surface area contributed by atoms with E-state index in [2.05, 4.69) is 0 Å². The summed E-state index contributed by atoms with van der Waals surface area (Å²) in [6, 6.07) is 19.5. The number of rotatable bonds is 7. The van der Waals surface area contributed by atoms with Crippen molar-refractivity contribution in [3.05, 3.63) is 95.3 Å². The molecule has 3 rings (SSSR count). The van der Waals surface area contributed by atoms with E-state index >= 15 is 0 Å². The van der Waals surface area contributed by atoms with Crippen LogP contribution in [0.2, 0.25) is 0 Å². The van der Waals surface area contributed by atoms with Crippen molar-refractivity contribution in [2.45, 2.75) is 12.8 Å². The summed E-state index contributed by atoms with van der Waals surface area (Å²) >= 11 is 0. The van der Waals surface area contributed by atoms with Gasteiger partial charge in [0.25, 0.3) is 0 Å². The van der Waals surface area contributed by atoms with Gasteiger partial charge in [-0.2, -0.15) is 0 Å². The highest BCUT2D eigenvalue weighted by Gasteiger charge is 2.01. The fraction of sp³-hybridized carbons (Fsp3) is 0.0870. The molecular weight excluding hydrogens is 375 g/mol. The Morgan fingerprint density at radius 2 is 1.24 bits per heavy atom. The molecule has 0 radical (unpaired) electrons. The van der Waals surface area contributed by atoms with Gasteiger partial charge < -0.3 is 9.84 Å². The first kappa shape index (κ1) is 21.5. The van der Waals surface area contributed by atoms with Crippen molar-refractivity contribution >= 4 is 18.5 Å². The highest BCUT2D eigenvalue weighted by molar-refractivity contribution is 5.75. The second-order valence-electron chi connectivity index (χ2n) is 6.00. The van der Waals surface area contributed by atoms with Gasteiger partial charge in [0.2, 0.25) is 0 Å². The number of aldehydes is 2. The molecular formula is C23H19FO5. The molecule has 3 aromatic rings. The first-order valence-electron chi connectivity index (χ1n) is 8.74. The summed E-state index contributed by atoms with van der Waals surface area (Å²) in [6.45, 7) is 0. The number of ether oxygens (including phenoxy) is 1. The maximum Gasteiger partial charge on any atom is 0.303 e. The van der Waals surface area contributed by atoms with E-state index in [0.29, 0.717) is 35.3 Å². The molecule has 0 aliphatic rings. The van der Waals surface area contributed by atoms with Crippen molar-refractivity contribution in [3.63, 3.8) is 0 Å². The van der Waals surface area contributed by atoms with Crippen LogP contribution < -0.4 is 4.74 Å². The van der Waals surface area contributed by atoms with Crippen LogP contribution >= 0.6 is 0 Å². The first-order chi connectivity index (χ1) is 14.0. The van der Waals surface area contributed by atoms with Gasteiger partial charge in [-0.05, 0) is 72.6 Å². The summed E-state index contributed by atoms with van der Waals surface area (Å²) in [5.41, 5.74) is 2.05. The van der Waals surface area contributed by atoms with Gasteiger partial charge in [-0.15, -0.1) is 0 Å². The molecule has 0 aromatic heterocycles. The van der Waals surface area contributed by atoms with Gasteiger partial charge in [0, 0.05) is 17.5 Å². The molecule has 0 unspecified atom stereocenters. The van der Waals surface area contributed by atoms with Crippen molar-refractivity contribution in [3.8, 4) is 11.5 Å². The van der Waals surface area contributed by atoms with Gasteiger partial charge in [0.05, 0.1) is 0 Å². The molecule has 6 heteroatoms. The normalized spacial score (nSPS) is 9.69. The van der Waals surface area contributed by atoms with Crippen LogP contribution in [0.15, 0.2) is 72.8 Å². The van der Waals surface area contributed by atoms with E-state index < -0.39 is 5.97 Å². The molecule has 5 nitrogen and oxygen atoms in total. The molecule has 0 fully saturated rings. The zero-order chi connectivity index (χ0) is 21.1. The van der Waals surface area contributed by atoms with Gasteiger partial charge in [-0.3, -0.25) is 14.4 Å². The molecule has 0 spiro atoms. The van der Waals surface area contributed by atoms with Crippen LogP contribution in [0.5, 0.6) is 11.5 Å². The van der Waals surface area contributed by atoms with E-state index in [1.54, 1.807) is 36.4 Å². The van der Waals surface area contributed by atoms with Crippen LogP contribution in [0.25, 0.3) is 0 Å². The topological polar surface area (TPSA) is 80.7 Å². The molecule has 0 atom stereocenters. The van der Waals surface area contributed by atoms with Gasteiger partial charge in [0.15, 0.2) is 0 Å². The Kier molecular flexibility index (Phi) is 8.26. The van der Waals surface area contributed by atoms with Crippen molar-refractivity contribution < 1.29 is 28.6 Å². The molecule has 0 saturated heterocycles. The van der Waals surface area contributed by atoms with E-state index in [1.165, 1.54) is 24.3 Å². The summed E-state index contributed by atoms with van der Waals surface area (Å²) in [7, 11) is 0. The van der Waals surface area contributed by atoms with E-state index in [4.69, 9.17) is 9.84 Å². The van der Waals surface area contributed by atoms with Gasteiger partial charge in [-0.25, -0.2) is 4.39 Å². The number of aryl methyl sites for hydroxylation is 1. The van der Waals surface area contributed by atoms with E-state index in [9.17, 15) is 18.8 Å². The van der Waals surface area contributed by atoms with E-state index in [0.717, 1.165) is 11.8 Å². The van der Waals surface area contributed by atoms with E-state index in [-0.39, 0.29) is 12.2 Å². The van der Waals surface area contributed by atoms with Crippen LogP contribution in [0.4, 0.5) is 4.39 Å². The van der Waals surface area contributed by atoms with Crippen LogP contribution in [0.1, 0.15) is 32.7 Å². The predicted molar refractivity (Wildman–Crippen MR) is 106 cm³/mol. The summed E-state index contributed by atoms with van der Waals surface area (Å²) in [4.78, 5) is 31.0. The van der Waals surface area contributed by atoms with E-state index in [1.807, 2.05) is 12.1 Å². The lowest BCUT2D eigenvalue weighted by atomic mass is 10.1. The quantitative estimate of drug-likeness (QED) is 0.574. The molecule has 148 valence electrons. The number of halogens is 1. The van der Waals surface area contributed by atoms with Crippen molar-refractivity contribution in [1.82, 2.24) is 0 Å². The highest BCUT2D eigenvalue weighted by Crippen LogP contribution is 2.22. The largest absolute Gasteiger partial charge is 0.481 e.